The molecule has 2 aliphatic rings. The van der Waals surface area contributed by atoms with Crippen LogP contribution in [-0.2, 0) is 4.74 Å². The molecule has 0 heterocycles. The molecule has 14 heavy (non-hydrogen) atoms. The van der Waals surface area contributed by atoms with Crippen LogP contribution >= 0.6 is 0 Å². The second-order valence-electron chi connectivity index (χ2n) is 5.12. The van der Waals surface area contributed by atoms with Crippen molar-refractivity contribution in [1.29, 1.82) is 0 Å². The summed E-state index contributed by atoms with van der Waals surface area (Å²) in [5.41, 5.74) is 0.764. The van der Waals surface area contributed by atoms with E-state index < -0.39 is 0 Å². The second kappa shape index (κ2) is 4.19. The molecule has 1 spiro atoms. The lowest BCUT2D eigenvalue weighted by Gasteiger charge is -2.15. The number of methoxy groups -OCH3 is 1. The van der Waals surface area contributed by atoms with Crippen LogP contribution in [0.2, 0.25) is 0 Å². The Morgan fingerprint density at radius 1 is 1.50 bits per heavy atom. The normalized spacial score (nSPS) is 40.7. The zero-order valence-electron chi connectivity index (χ0n) is 9.51. The van der Waals surface area contributed by atoms with Crippen LogP contribution in [0.15, 0.2) is 0 Å². The summed E-state index contributed by atoms with van der Waals surface area (Å²) in [6, 6.07) is 0. The van der Waals surface area contributed by atoms with E-state index in [4.69, 9.17) is 4.74 Å². The summed E-state index contributed by atoms with van der Waals surface area (Å²) in [6.45, 7) is 5.52. The lowest BCUT2D eigenvalue weighted by Crippen LogP contribution is -2.24. The molecule has 0 saturated heterocycles. The predicted molar refractivity (Wildman–Crippen MR) is 58.3 cm³/mol. The standard InChI is InChI=1S/C12H23NO/c1-10-4-3-5-12(10)8-11(12)9-13-6-7-14-2/h10-11,13H,3-9H2,1-2H3. The van der Waals surface area contributed by atoms with E-state index in [-0.39, 0.29) is 0 Å². The zero-order valence-corrected chi connectivity index (χ0v) is 9.51. The first-order valence-electron chi connectivity index (χ1n) is 5.99. The fourth-order valence-corrected chi connectivity index (χ4v) is 3.31. The topological polar surface area (TPSA) is 21.3 Å². The molecule has 0 amide bonds. The second-order valence-corrected chi connectivity index (χ2v) is 5.12. The number of hydrogen-bond acceptors (Lipinski definition) is 2. The third kappa shape index (κ3) is 1.82. The summed E-state index contributed by atoms with van der Waals surface area (Å²) in [5, 5.41) is 3.49. The highest BCUT2D eigenvalue weighted by atomic mass is 16.5. The van der Waals surface area contributed by atoms with Gasteiger partial charge in [0.05, 0.1) is 6.61 Å². The summed E-state index contributed by atoms with van der Waals surface area (Å²) < 4.78 is 5.02. The molecule has 3 unspecified atom stereocenters. The molecule has 2 fully saturated rings. The summed E-state index contributed by atoms with van der Waals surface area (Å²) in [5.74, 6) is 1.95. The molecule has 3 atom stereocenters. The fourth-order valence-electron chi connectivity index (χ4n) is 3.31. The summed E-state index contributed by atoms with van der Waals surface area (Å²) in [6.07, 6.45) is 5.91. The largest absolute Gasteiger partial charge is 0.383 e. The highest BCUT2D eigenvalue weighted by Crippen LogP contribution is 2.65. The Hall–Kier alpha value is -0.0800. The first kappa shape index (κ1) is 10.4. The third-order valence-electron chi connectivity index (χ3n) is 4.41. The minimum Gasteiger partial charge on any atom is -0.383 e. The first-order chi connectivity index (χ1) is 6.79. The average molecular weight is 197 g/mol. The average Bonchev–Trinajstić information content (AvgIpc) is 2.76. The van der Waals surface area contributed by atoms with Gasteiger partial charge in [0.2, 0.25) is 0 Å². The Balaban J connectivity index is 1.66. The van der Waals surface area contributed by atoms with Crippen molar-refractivity contribution >= 4 is 0 Å². The van der Waals surface area contributed by atoms with Crippen molar-refractivity contribution in [2.45, 2.75) is 32.6 Å². The van der Waals surface area contributed by atoms with E-state index in [9.17, 15) is 0 Å². The van der Waals surface area contributed by atoms with Crippen LogP contribution in [0, 0.1) is 17.3 Å². The van der Waals surface area contributed by atoms with Crippen molar-refractivity contribution in [3.63, 3.8) is 0 Å². The summed E-state index contributed by atoms with van der Waals surface area (Å²) >= 11 is 0. The van der Waals surface area contributed by atoms with E-state index in [2.05, 4.69) is 12.2 Å². The Morgan fingerprint density at radius 3 is 3.00 bits per heavy atom. The molecular weight excluding hydrogens is 174 g/mol. The number of ether oxygens (including phenoxy) is 1. The van der Waals surface area contributed by atoms with E-state index in [0.717, 1.165) is 30.4 Å². The predicted octanol–water partition coefficient (Wildman–Crippen LogP) is 2.05. The molecule has 0 aromatic carbocycles. The van der Waals surface area contributed by atoms with Gasteiger partial charge >= 0.3 is 0 Å². The maximum atomic E-state index is 5.02. The van der Waals surface area contributed by atoms with Crippen LogP contribution in [0.25, 0.3) is 0 Å². The Labute approximate surface area is 87.4 Å². The van der Waals surface area contributed by atoms with E-state index >= 15 is 0 Å². The van der Waals surface area contributed by atoms with Gasteiger partial charge in [0.1, 0.15) is 0 Å². The van der Waals surface area contributed by atoms with E-state index in [1.165, 1.54) is 32.2 Å². The maximum absolute atomic E-state index is 5.02. The summed E-state index contributed by atoms with van der Waals surface area (Å²) in [7, 11) is 1.76. The Morgan fingerprint density at radius 2 is 2.36 bits per heavy atom. The van der Waals surface area contributed by atoms with Crippen LogP contribution in [-0.4, -0.2) is 26.8 Å². The van der Waals surface area contributed by atoms with Gasteiger partial charge in [0, 0.05) is 13.7 Å². The SMILES string of the molecule is COCCNCC1CC12CCCC2C. The first-order valence-corrected chi connectivity index (χ1v) is 5.99. The van der Waals surface area contributed by atoms with Crippen molar-refractivity contribution < 1.29 is 4.74 Å². The Bertz CT molecular complexity index is 195. The van der Waals surface area contributed by atoms with Crippen LogP contribution in [0.4, 0.5) is 0 Å². The quantitative estimate of drug-likeness (QED) is 0.681. The molecule has 82 valence electrons. The molecule has 2 aliphatic carbocycles. The highest BCUT2D eigenvalue weighted by molar-refractivity contribution is 5.08. The molecular formula is C12H23NO. The monoisotopic (exact) mass is 197 g/mol. The molecule has 1 N–H and O–H groups in total. The molecule has 0 aromatic rings. The summed E-state index contributed by atoms with van der Waals surface area (Å²) in [4.78, 5) is 0. The molecule has 0 aliphatic heterocycles. The van der Waals surface area contributed by atoms with Crippen LogP contribution in [0.5, 0.6) is 0 Å². The lowest BCUT2D eigenvalue weighted by atomic mass is 9.92. The molecule has 2 rings (SSSR count). The van der Waals surface area contributed by atoms with Gasteiger partial charge in [-0.05, 0) is 36.6 Å². The maximum Gasteiger partial charge on any atom is 0.0587 e. The van der Waals surface area contributed by atoms with Crippen molar-refractivity contribution in [3.8, 4) is 0 Å². The molecule has 2 saturated carbocycles. The Kier molecular flexibility index (Phi) is 3.13. The van der Waals surface area contributed by atoms with Gasteiger partial charge in [-0.15, -0.1) is 0 Å². The van der Waals surface area contributed by atoms with Gasteiger partial charge in [-0.3, -0.25) is 0 Å². The lowest BCUT2D eigenvalue weighted by molar-refractivity contribution is 0.198. The number of rotatable bonds is 5. The van der Waals surface area contributed by atoms with E-state index in [1.54, 1.807) is 7.11 Å². The minimum atomic E-state index is 0.764. The molecule has 0 bridgehead atoms. The van der Waals surface area contributed by atoms with E-state index in [0.29, 0.717) is 0 Å². The zero-order chi connectivity index (χ0) is 10.0. The minimum absolute atomic E-state index is 0.764. The smallest absolute Gasteiger partial charge is 0.0587 e. The molecule has 0 radical (unpaired) electrons. The van der Waals surface area contributed by atoms with Gasteiger partial charge in [-0.2, -0.15) is 0 Å². The van der Waals surface area contributed by atoms with Crippen LogP contribution in [0.1, 0.15) is 32.6 Å². The molecule has 2 nitrogen and oxygen atoms in total. The van der Waals surface area contributed by atoms with Crippen molar-refractivity contribution in [2.75, 3.05) is 26.8 Å². The van der Waals surface area contributed by atoms with Crippen molar-refractivity contribution in [3.05, 3.63) is 0 Å². The van der Waals surface area contributed by atoms with Crippen LogP contribution in [0.3, 0.4) is 0 Å². The third-order valence-corrected chi connectivity index (χ3v) is 4.41. The van der Waals surface area contributed by atoms with Gasteiger partial charge in [0.15, 0.2) is 0 Å². The van der Waals surface area contributed by atoms with Crippen molar-refractivity contribution in [1.82, 2.24) is 5.32 Å². The van der Waals surface area contributed by atoms with Crippen molar-refractivity contribution in [2.24, 2.45) is 17.3 Å². The number of nitrogens with one attached hydrogen (secondary N) is 1. The van der Waals surface area contributed by atoms with Gasteiger partial charge in [-0.1, -0.05) is 19.8 Å². The highest BCUT2D eigenvalue weighted by Gasteiger charge is 2.58. The molecule has 2 heteroatoms. The molecule has 0 aromatic heterocycles. The van der Waals surface area contributed by atoms with Gasteiger partial charge in [0.25, 0.3) is 0 Å². The van der Waals surface area contributed by atoms with E-state index in [1.807, 2.05) is 0 Å². The number of hydrogen-bond donors (Lipinski definition) is 1. The van der Waals surface area contributed by atoms with Crippen LogP contribution < -0.4 is 5.32 Å². The van der Waals surface area contributed by atoms with Gasteiger partial charge in [-0.25, -0.2) is 0 Å². The van der Waals surface area contributed by atoms with Gasteiger partial charge < -0.3 is 10.1 Å². The fraction of sp³-hybridized carbons (Fsp3) is 1.00.